The van der Waals surface area contributed by atoms with Crippen molar-refractivity contribution in [1.29, 1.82) is 5.26 Å². The molecule has 0 radical (unpaired) electrons. The minimum Gasteiger partial charge on any atom is -0.377 e. The van der Waals surface area contributed by atoms with E-state index in [1.165, 1.54) is 0 Å². The van der Waals surface area contributed by atoms with Gasteiger partial charge in [-0.3, -0.25) is 4.79 Å². The molecule has 122 valence electrons. The van der Waals surface area contributed by atoms with E-state index in [1.807, 2.05) is 43.3 Å². The highest BCUT2D eigenvalue weighted by Gasteiger charge is 2.17. The van der Waals surface area contributed by atoms with Crippen LogP contribution in [0.3, 0.4) is 0 Å². The van der Waals surface area contributed by atoms with Crippen molar-refractivity contribution in [2.75, 3.05) is 32.1 Å². The molecule has 0 spiro atoms. The summed E-state index contributed by atoms with van der Waals surface area (Å²) in [5.41, 5.74) is 1.92. The zero-order valence-corrected chi connectivity index (χ0v) is 14.9. The van der Waals surface area contributed by atoms with Gasteiger partial charge < -0.3 is 15.0 Å². The summed E-state index contributed by atoms with van der Waals surface area (Å²) in [5.74, 6) is -0.365. The summed E-state index contributed by atoms with van der Waals surface area (Å²) < 4.78 is 6.37. The number of nitrogens with zero attached hydrogens (tertiary/aromatic N) is 2. The van der Waals surface area contributed by atoms with E-state index in [4.69, 9.17) is 4.74 Å². The predicted molar refractivity (Wildman–Crippen MR) is 94.0 cm³/mol. The number of benzene rings is 1. The maximum Gasteiger partial charge on any atom is 0.262 e. The molecule has 1 heterocycles. The Balaban J connectivity index is 2.06. The molecule has 6 heteroatoms. The molecule has 1 N–H and O–H groups in total. The normalized spacial score (nSPS) is 17.7. The van der Waals surface area contributed by atoms with E-state index in [1.54, 1.807) is 6.08 Å². The minimum atomic E-state index is -0.365. The minimum absolute atomic E-state index is 0.0624. The Morgan fingerprint density at radius 1 is 1.57 bits per heavy atom. The van der Waals surface area contributed by atoms with Crippen LogP contribution in [0.25, 0.3) is 6.08 Å². The summed E-state index contributed by atoms with van der Waals surface area (Å²) in [6.45, 7) is 1.19. The molecule has 0 aliphatic carbocycles. The van der Waals surface area contributed by atoms with Crippen LogP contribution in [0.15, 0.2) is 28.2 Å². The van der Waals surface area contributed by atoms with Crippen molar-refractivity contribution in [1.82, 2.24) is 5.32 Å². The number of carbonyl (C=O) groups is 1. The fraction of sp³-hybridized carbons (Fsp3) is 0.412. The number of halogens is 1. The molecular weight excluding hydrogens is 358 g/mol. The Bertz CT molecular complexity index is 644. The van der Waals surface area contributed by atoms with Crippen LogP contribution in [0.4, 0.5) is 5.69 Å². The van der Waals surface area contributed by atoms with E-state index in [-0.39, 0.29) is 17.6 Å². The third-order valence-electron chi connectivity index (χ3n) is 3.64. The van der Waals surface area contributed by atoms with Crippen molar-refractivity contribution >= 4 is 33.6 Å². The highest BCUT2D eigenvalue weighted by Crippen LogP contribution is 2.26. The van der Waals surface area contributed by atoms with Crippen molar-refractivity contribution in [3.63, 3.8) is 0 Å². The number of nitriles is 1. The van der Waals surface area contributed by atoms with E-state index >= 15 is 0 Å². The molecule has 1 atom stereocenters. The number of ether oxygens (including phenoxy) is 1. The largest absolute Gasteiger partial charge is 0.377 e. The Morgan fingerprint density at radius 3 is 2.91 bits per heavy atom. The van der Waals surface area contributed by atoms with Crippen molar-refractivity contribution in [3.05, 3.63) is 33.8 Å². The molecule has 0 aromatic heterocycles. The van der Waals surface area contributed by atoms with Gasteiger partial charge in [0, 0.05) is 31.7 Å². The second-order valence-corrected chi connectivity index (χ2v) is 6.47. The van der Waals surface area contributed by atoms with Gasteiger partial charge in [-0.05, 0) is 52.5 Å². The van der Waals surface area contributed by atoms with E-state index < -0.39 is 0 Å². The van der Waals surface area contributed by atoms with Crippen LogP contribution in [-0.4, -0.2) is 39.3 Å². The predicted octanol–water partition coefficient (Wildman–Crippen LogP) is 2.72. The monoisotopic (exact) mass is 377 g/mol. The number of hydrogen-bond acceptors (Lipinski definition) is 4. The van der Waals surface area contributed by atoms with Crippen LogP contribution in [0, 0.1) is 11.3 Å². The fourth-order valence-corrected chi connectivity index (χ4v) is 3.15. The molecular formula is C17H20BrN3O2. The van der Waals surface area contributed by atoms with Gasteiger partial charge in [-0.1, -0.05) is 6.07 Å². The zero-order valence-electron chi connectivity index (χ0n) is 13.3. The average Bonchev–Trinajstić information content (AvgIpc) is 3.03. The molecule has 23 heavy (non-hydrogen) atoms. The molecule has 1 aliphatic heterocycles. The number of anilines is 1. The third kappa shape index (κ3) is 4.81. The van der Waals surface area contributed by atoms with Gasteiger partial charge in [0.1, 0.15) is 11.6 Å². The quantitative estimate of drug-likeness (QED) is 0.632. The van der Waals surface area contributed by atoms with Gasteiger partial charge in [-0.2, -0.15) is 5.26 Å². The van der Waals surface area contributed by atoms with Gasteiger partial charge in [-0.25, -0.2) is 0 Å². The van der Waals surface area contributed by atoms with Crippen LogP contribution in [0.1, 0.15) is 18.4 Å². The first-order valence-electron chi connectivity index (χ1n) is 7.49. The Hall–Kier alpha value is -1.84. The van der Waals surface area contributed by atoms with Gasteiger partial charge in [0.15, 0.2) is 0 Å². The maximum absolute atomic E-state index is 12.1. The van der Waals surface area contributed by atoms with E-state index in [2.05, 4.69) is 21.2 Å². The van der Waals surface area contributed by atoms with Crippen LogP contribution >= 0.6 is 15.9 Å². The maximum atomic E-state index is 12.1. The first-order chi connectivity index (χ1) is 11.0. The standard InChI is InChI=1S/C17H20BrN3O2/c1-21(2)16-6-5-12(9-15(16)18)8-13(10-19)17(22)20-11-14-4-3-7-23-14/h5-6,8-9,14H,3-4,7,11H2,1-2H3,(H,20,22)/b13-8+/t14-/m0/s1. The second-order valence-electron chi connectivity index (χ2n) is 5.62. The van der Waals surface area contributed by atoms with Gasteiger partial charge in [-0.15, -0.1) is 0 Å². The topological polar surface area (TPSA) is 65.4 Å². The molecule has 0 saturated carbocycles. The number of hydrogen-bond donors (Lipinski definition) is 1. The van der Waals surface area contributed by atoms with Crippen LogP contribution in [0.2, 0.25) is 0 Å². The summed E-state index contributed by atoms with van der Waals surface area (Å²) in [6, 6.07) is 7.67. The van der Waals surface area contributed by atoms with Crippen LogP contribution in [-0.2, 0) is 9.53 Å². The lowest BCUT2D eigenvalue weighted by Crippen LogP contribution is -2.32. The highest BCUT2D eigenvalue weighted by molar-refractivity contribution is 9.10. The van der Waals surface area contributed by atoms with Crippen molar-refractivity contribution in [2.45, 2.75) is 18.9 Å². The zero-order chi connectivity index (χ0) is 16.8. The second kappa shape index (κ2) is 8.14. The lowest BCUT2D eigenvalue weighted by molar-refractivity contribution is -0.117. The third-order valence-corrected chi connectivity index (χ3v) is 4.28. The van der Waals surface area contributed by atoms with Gasteiger partial charge in [0.2, 0.25) is 0 Å². The molecule has 0 unspecified atom stereocenters. The van der Waals surface area contributed by atoms with Crippen LogP contribution < -0.4 is 10.2 Å². The highest BCUT2D eigenvalue weighted by atomic mass is 79.9. The SMILES string of the molecule is CN(C)c1ccc(/C=C(\C#N)C(=O)NC[C@@H]2CCCO2)cc1Br. The summed E-state index contributed by atoms with van der Waals surface area (Å²) in [5, 5.41) is 12.0. The molecule has 2 rings (SSSR count). The molecule has 0 bridgehead atoms. The molecule has 1 amide bonds. The Morgan fingerprint density at radius 2 is 2.35 bits per heavy atom. The lowest BCUT2D eigenvalue weighted by atomic mass is 10.1. The number of amides is 1. The smallest absolute Gasteiger partial charge is 0.262 e. The Kier molecular flexibility index (Phi) is 6.20. The van der Waals surface area contributed by atoms with Gasteiger partial charge >= 0.3 is 0 Å². The van der Waals surface area contributed by atoms with E-state index in [9.17, 15) is 10.1 Å². The number of rotatable bonds is 5. The molecule has 1 aromatic rings. The van der Waals surface area contributed by atoms with E-state index in [0.29, 0.717) is 6.54 Å². The average molecular weight is 378 g/mol. The van der Waals surface area contributed by atoms with E-state index in [0.717, 1.165) is 35.2 Å². The van der Waals surface area contributed by atoms with Crippen molar-refractivity contribution in [2.24, 2.45) is 0 Å². The molecule has 1 aromatic carbocycles. The number of carbonyl (C=O) groups excluding carboxylic acids is 1. The van der Waals surface area contributed by atoms with Crippen molar-refractivity contribution < 1.29 is 9.53 Å². The first kappa shape index (κ1) is 17.5. The lowest BCUT2D eigenvalue weighted by Gasteiger charge is -2.14. The summed E-state index contributed by atoms with van der Waals surface area (Å²) >= 11 is 3.50. The molecule has 1 aliphatic rings. The first-order valence-corrected chi connectivity index (χ1v) is 8.29. The molecule has 5 nitrogen and oxygen atoms in total. The number of nitrogens with one attached hydrogen (secondary N) is 1. The molecule has 1 saturated heterocycles. The molecule has 1 fully saturated rings. The van der Waals surface area contributed by atoms with Crippen LogP contribution in [0.5, 0.6) is 0 Å². The van der Waals surface area contributed by atoms with Crippen molar-refractivity contribution in [3.8, 4) is 6.07 Å². The summed E-state index contributed by atoms with van der Waals surface area (Å²) in [7, 11) is 3.91. The summed E-state index contributed by atoms with van der Waals surface area (Å²) in [6.07, 6.45) is 3.63. The summed E-state index contributed by atoms with van der Waals surface area (Å²) in [4.78, 5) is 14.1. The fourth-order valence-electron chi connectivity index (χ4n) is 2.40. The Labute approximate surface area is 145 Å². The van der Waals surface area contributed by atoms with Gasteiger partial charge in [0.05, 0.1) is 11.8 Å². The van der Waals surface area contributed by atoms with Gasteiger partial charge in [0.25, 0.3) is 5.91 Å².